The lowest BCUT2D eigenvalue weighted by atomic mass is 9.93. The van der Waals surface area contributed by atoms with Crippen LogP contribution in [-0.2, 0) is 6.42 Å². The zero-order valence-corrected chi connectivity index (χ0v) is 11.3. The van der Waals surface area contributed by atoms with E-state index in [1.165, 1.54) is 0 Å². The molecule has 1 aliphatic rings. The maximum Gasteiger partial charge on any atom is 0.272 e. The second-order valence-corrected chi connectivity index (χ2v) is 5.26. The van der Waals surface area contributed by atoms with Gasteiger partial charge >= 0.3 is 0 Å². The van der Waals surface area contributed by atoms with Gasteiger partial charge in [-0.1, -0.05) is 6.07 Å². The van der Waals surface area contributed by atoms with Crippen LogP contribution in [0.3, 0.4) is 0 Å². The van der Waals surface area contributed by atoms with Crippen molar-refractivity contribution in [3.05, 3.63) is 48.0 Å². The van der Waals surface area contributed by atoms with Crippen molar-refractivity contribution >= 4 is 5.91 Å². The van der Waals surface area contributed by atoms with Gasteiger partial charge < -0.3 is 4.90 Å². The molecule has 1 fully saturated rings. The average molecular weight is 270 g/mol. The Hall–Kier alpha value is -2.17. The van der Waals surface area contributed by atoms with Gasteiger partial charge in [-0.3, -0.25) is 14.9 Å². The number of piperidine rings is 1. The molecule has 3 heterocycles. The number of likely N-dealkylation sites (tertiary alicyclic amines) is 1. The average Bonchev–Trinajstić information content (AvgIpc) is 3.01. The molecule has 5 heteroatoms. The van der Waals surface area contributed by atoms with Crippen LogP contribution in [0, 0.1) is 5.92 Å². The molecule has 0 saturated carbocycles. The summed E-state index contributed by atoms with van der Waals surface area (Å²) >= 11 is 0. The summed E-state index contributed by atoms with van der Waals surface area (Å²) in [7, 11) is 0. The predicted molar refractivity (Wildman–Crippen MR) is 75.2 cm³/mol. The minimum Gasteiger partial charge on any atom is -0.337 e. The van der Waals surface area contributed by atoms with E-state index in [4.69, 9.17) is 0 Å². The lowest BCUT2D eigenvalue weighted by Gasteiger charge is -2.32. The Morgan fingerprint density at radius 3 is 3.05 bits per heavy atom. The topological polar surface area (TPSA) is 61.9 Å². The van der Waals surface area contributed by atoms with E-state index in [9.17, 15) is 4.79 Å². The Bertz CT molecular complexity index is 553. The van der Waals surface area contributed by atoms with Crippen LogP contribution in [0.15, 0.2) is 36.7 Å². The smallest absolute Gasteiger partial charge is 0.272 e. The van der Waals surface area contributed by atoms with Crippen molar-refractivity contribution in [1.82, 2.24) is 20.1 Å². The van der Waals surface area contributed by atoms with Gasteiger partial charge in [0, 0.05) is 31.2 Å². The Kier molecular flexibility index (Phi) is 3.76. The second kappa shape index (κ2) is 5.86. The van der Waals surface area contributed by atoms with Crippen molar-refractivity contribution < 1.29 is 4.79 Å². The summed E-state index contributed by atoms with van der Waals surface area (Å²) in [5, 5.41) is 6.97. The van der Waals surface area contributed by atoms with Gasteiger partial charge in [-0.25, -0.2) is 0 Å². The van der Waals surface area contributed by atoms with E-state index in [1.807, 2.05) is 23.1 Å². The van der Waals surface area contributed by atoms with Crippen LogP contribution in [0.25, 0.3) is 0 Å². The van der Waals surface area contributed by atoms with Crippen molar-refractivity contribution in [2.24, 2.45) is 5.92 Å². The molecule has 0 aromatic carbocycles. The fraction of sp³-hybridized carbons (Fsp3) is 0.400. The van der Waals surface area contributed by atoms with Crippen LogP contribution in [0.2, 0.25) is 0 Å². The van der Waals surface area contributed by atoms with Gasteiger partial charge in [-0.2, -0.15) is 5.10 Å². The number of hydrogen-bond donors (Lipinski definition) is 1. The summed E-state index contributed by atoms with van der Waals surface area (Å²) in [6.45, 7) is 1.63. The van der Waals surface area contributed by atoms with Gasteiger partial charge in [0.25, 0.3) is 5.91 Å². The van der Waals surface area contributed by atoms with E-state index < -0.39 is 0 Å². The first-order chi connectivity index (χ1) is 9.83. The molecule has 1 N–H and O–H groups in total. The van der Waals surface area contributed by atoms with E-state index in [2.05, 4.69) is 15.2 Å². The van der Waals surface area contributed by atoms with Crippen molar-refractivity contribution in [3.8, 4) is 0 Å². The molecule has 0 unspecified atom stereocenters. The molecule has 1 amide bonds. The zero-order valence-electron chi connectivity index (χ0n) is 11.3. The number of H-pyrrole nitrogens is 1. The molecule has 104 valence electrons. The summed E-state index contributed by atoms with van der Waals surface area (Å²) in [5.41, 5.74) is 1.68. The second-order valence-electron chi connectivity index (χ2n) is 5.26. The first-order valence-corrected chi connectivity index (χ1v) is 7.01. The molecule has 20 heavy (non-hydrogen) atoms. The number of carbonyl (C=O) groups is 1. The van der Waals surface area contributed by atoms with E-state index in [0.29, 0.717) is 11.6 Å². The largest absolute Gasteiger partial charge is 0.337 e. The van der Waals surface area contributed by atoms with Crippen LogP contribution in [0.4, 0.5) is 0 Å². The Morgan fingerprint density at radius 1 is 1.35 bits per heavy atom. The Balaban J connectivity index is 1.64. The predicted octanol–water partition coefficient (Wildman–Crippen LogP) is 1.90. The minimum atomic E-state index is 0.0416. The standard InChI is InChI=1S/C15H18N4O/c20-15(14-5-1-2-7-16-14)19-9-3-4-12(11-19)10-13-6-8-17-18-13/h1-2,5-8,12H,3-4,9-11H2,(H,17,18)/t12-/m1/s1. The van der Waals surface area contributed by atoms with Gasteiger partial charge in [-0.05, 0) is 43.4 Å². The number of aromatic nitrogens is 3. The molecule has 1 saturated heterocycles. The third-order valence-corrected chi connectivity index (χ3v) is 3.76. The maximum absolute atomic E-state index is 12.4. The highest BCUT2D eigenvalue weighted by Gasteiger charge is 2.25. The van der Waals surface area contributed by atoms with Gasteiger partial charge in [0.2, 0.25) is 0 Å². The van der Waals surface area contributed by atoms with Gasteiger partial charge in [-0.15, -0.1) is 0 Å². The zero-order chi connectivity index (χ0) is 13.8. The number of amides is 1. The quantitative estimate of drug-likeness (QED) is 0.926. The van der Waals surface area contributed by atoms with E-state index in [-0.39, 0.29) is 5.91 Å². The van der Waals surface area contributed by atoms with Gasteiger partial charge in [0.1, 0.15) is 5.69 Å². The van der Waals surface area contributed by atoms with E-state index in [0.717, 1.165) is 38.0 Å². The lowest BCUT2D eigenvalue weighted by Crippen LogP contribution is -2.40. The minimum absolute atomic E-state index is 0.0416. The van der Waals surface area contributed by atoms with Crippen LogP contribution >= 0.6 is 0 Å². The molecule has 0 bridgehead atoms. The monoisotopic (exact) mass is 270 g/mol. The number of aromatic amines is 1. The third-order valence-electron chi connectivity index (χ3n) is 3.76. The summed E-state index contributed by atoms with van der Waals surface area (Å²) < 4.78 is 0. The third kappa shape index (κ3) is 2.87. The molecule has 0 radical (unpaired) electrons. The Labute approximate surface area is 118 Å². The molecule has 3 rings (SSSR count). The fourth-order valence-electron chi connectivity index (χ4n) is 2.78. The SMILES string of the molecule is O=C(c1ccccn1)N1CCC[C@H](Cc2ccn[nH]2)C1. The van der Waals surface area contributed by atoms with Gasteiger partial charge in [0.05, 0.1) is 0 Å². The summed E-state index contributed by atoms with van der Waals surface area (Å²) in [4.78, 5) is 18.5. The summed E-state index contributed by atoms with van der Waals surface area (Å²) in [6, 6.07) is 7.46. The molecule has 0 spiro atoms. The molecular weight excluding hydrogens is 252 g/mol. The summed E-state index contributed by atoms with van der Waals surface area (Å²) in [6.07, 6.45) is 6.60. The Morgan fingerprint density at radius 2 is 2.30 bits per heavy atom. The van der Waals surface area contributed by atoms with Gasteiger partial charge in [0.15, 0.2) is 0 Å². The number of carbonyl (C=O) groups excluding carboxylic acids is 1. The van der Waals surface area contributed by atoms with Crippen LogP contribution in [-0.4, -0.2) is 39.1 Å². The maximum atomic E-state index is 12.4. The molecule has 2 aromatic rings. The first-order valence-electron chi connectivity index (χ1n) is 7.01. The number of hydrogen-bond acceptors (Lipinski definition) is 3. The van der Waals surface area contributed by atoms with E-state index >= 15 is 0 Å². The highest BCUT2D eigenvalue weighted by Crippen LogP contribution is 2.21. The van der Waals surface area contributed by atoms with E-state index in [1.54, 1.807) is 18.5 Å². The summed E-state index contributed by atoms with van der Waals surface area (Å²) in [5.74, 6) is 0.539. The van der Waals surface area contributed by atoms with Crippen LogP contribution in [0.1, 0.15) is 29.0 Å². The highest BCUT2D eigenvalue weighted by atomic mass is 16.2. The highest BCUT2D eigenvalue weighted by molar-refractivity contribution is 5.92. The first kappa shape index (κ1) is 12.8. The number of rotatable bonds is 3. The molecule has 2 aromatic heterocycles. The van der Waals surface area contributed by atoms with Crippen molar-refractivity contribution in [2.75, 3.05) is 13.1 Å². The lowest BCUT2D eigenvalue weighted by molar-refractivity contribution is 0.0667. The molecule has 1 aliphatic heterocycles. The normalized spacial score (nSPS) is 19.0. The molecule has 0 aliphatic carbocycles. The molecule has 5 nitrogen and oxygen atoms in total. The van der Waals surface area contributed by atoms with Crippen LogP contribution < -0.4 is 0 Å². The molecule has 1 atom stereocenters. The van der Waals surface area contributed by atoms with Crippen molar-refractivity contribution in [2.45, 2.75) is 19.3 Å². The van der Waals surface area contributed by atoms with Crippen molar-refractivity contribution in [3.63, 3.8) is 0 Å². The fourth-order valence-corrected chi connectivity index (χ4v) is 2.78. The number of pyridine rings is 1. The number of nitrogens with one attached hydrogen (secondary N) is 1. The molecular formula is C15H18N4O. The van der Waals surface area contributed by atoms with Crippen molar-refractivity contribution in [1.29, 1.82) is 0 Å². The van der Waals surface area contributed by atoms with Crippen LogP contribution in [0.5, 0.6) is 0 Å². The number of nitrogens with zero attached hydrogens (tertiary/aromatic N) is 3.